The molecule has 5 heteroatoms. The summed E-state index contributed by atoms with van der Waals surface area (Å²) in [4.78, 5) is 24.1. The van der Waals surface area contributed by atoms with Gasteiger partial charge in [-0.2, -0.15) is 11.8 Å². The maximum absolute atomic E-state index is 12.6. The molecule has 1 N–H and O–H groups in total. The van der Waals surface area contributed by atoms with Crippen molar-refractivity contribution >= 4 is 23.5 Å². The molecule has 0 aromatic rings. The second-order valence-corrected chi connectivity index (χ2v) is 9.27. The molecule has 1 aliphatic rings. The standard InChI is InChI=1S/C24H40O4S/c1-5-6-7-8-9-11-14-20-19(18-29-4)17-22(25)21(20)15-12-10-13-16-24(2,27)23(26)28-3/h10-12,14,19-21,27H,5-9,13,15-18H2,1-4H3/b12-10-,14-11+/t19-,20-,21+,24?/m0/s1. The van der Waals surface area contributed by atoms with Gasteiger partial charge in [0.15, 0.2) is 5.60 Å². The van der Waals surface area contributed by atoms with E-state index < -0.39 is 11.6 Å². The predicted octanol–water partition coefficient (Wildman–Crippen LogP) is 5.35. The third-order valence-electron chi connectivity index (χ3n) is 5.83. The minimum Gasteiger partial charge on any atom is -0.467 e. The largest absolute Gasteiger partial charge is 0.467 e. The van der Waals surface area contributed by atoms with Crippen LogP contribution in [0.3, 0.4) is 0 Å². The van der Waals surface area contributed by atoms with Gasteiger partial charge in [0.2, 0.25) is 0 Å². The molecule has 1 aliphatic carbocycles. The fourth-order valence-corrected chi connectivity index (χ4v) is 4.81. The van der Waals surface area contributed by atoms with Crippen LogP contribution >= 0.6 is 11.8 Å². The maximum Gasteiger partial charge on any atom is 0.337 e. The lowest BCUT2D eigenvalue weighted by atomic mass is 9.87. The SMILES string of the molecule is CCCCCC/C=C/[C@H]1[C@H](CSC)CC(=O)[C@@H]1C/C=C\CCC(C)(O)C(=O)OC. The van der Waals surface area contributed by atoms with E-state index in [-0.39, 0.29) is 5.92 Å². The summed E-state index contributed by atoms with van der Waals surface area (Å²) in [6, 6.07) is 0. The number of unbranched alkanes of at least 4 members (excludes halogenated alkanes) is 4. The number of ether oxygens (including phenoxy) is 1. The molecule has 1 unspecified atom stereocenters. The van der Waals surface area contributed by atoms with Crippen molar-refractivity contribution in [1.82, 2.24) is 0 Å². The molecule has 1 rings (SSSR count). The van der Waals surface area contributed by atoms with Crippen LogP contribution in [0.4, 0.5) is 0 Å². The quantitative estimate of drug-likeness (QED) is 0.231. The number of thioether (sulfide) groups is 1. The van der Waals surface area contributed by atoms with Gasteiger partial charge in [-0.15, -0.1) is 0 Å². The Labute approximate surface area is 181 Å². The molecule has 0 radical (unpaired) electrons. The van der Waals surface area contributed by atoms with Gasteiger partial charge in [0.1, 0.15) is 5.78 Å². The number of ketones is 1. The summed E-state index contributed by atoms with van der Waals surface area (Å²) in [7, 11) is 1.28. The van der Waals surface area contributed by atoms with Crippen molar-refractivity contribution in [1.29, 1.82) is 0 Å². The first kappa shape index (κ1) is 26.0. The normalized spacial score (nSPS) is 24.4. The number of carbonyl (C=O) groups is 2. The zero-order valence-electron chi connectivity index (χ0n) is 18.7. The summed E-state index contributed by atoms with van der Waals surface area (Å²) >= 11 is 1.82. The molecular weight excluding hydrogens is 384 g/mol. The highest BCUT2D eigenvalue weighted by molar-refractivity contribution is 7.98. The molecule has 1 saturated carbocycles. The Balaban J connectivity index is 2.59. The van der Waals surface area contributed by atoms with Crippen LogP contribution in [0.5, 0.6) is 0 Å². The number of hydrogen-bond donors (Lipinski definition) is 1. The highest BCUT2D eigenvalue weighted by atomic mass is 32.2. The van der Waals surface area contributed by atoms with Gasteiger partial charge in [0.25, 0.3) is 0 Å². The van der Waals surface area contributed by atoms with Gasteiger partial charge in [-0.1, -0.05) is 50.5 Å². The summed E-state index contributed by atoms with van der Waals surface area (Å²) in [5, 5.41) is 10.1. The van der Waals surface area contributed by atoms with Crippen molar-refractivity contribution in [3.63, 3.8) is 0 Å². The zero-order chi connectivity index (χ0) is 21.7. The molecule has 1 fully saturated rings. The van der Waals surface area contributed by atoms with Gasteiger partial charge in [0, 0.05) is 12.3 Å². The molecule has 166 valence electrons. The second-order valence-electron chi connectivity index (χ2n) is 8.36. The lowest BCUT2D eigenvalue weighted by Gasteiger charge is -2.20. The third-order valence-corrected chi connectivity index (χ3v) is 6.59. The Morgan fingerprint density at radius 1 is 1.24 bits per heavy atom. The van der Waals surface area contributed by atoms with E-state index in [1.54, 1.807) is 0 Å². The molecule has 29 heavy (non-hydrogen) atoms. The number of hydrogen-bond acceptors (Lipinski definition) is 5. The smallest absolute Gasteiger partial charge is 0.337 e. The third kappa shape index (κ3) is 9.08. The molecule has 0 amide bonds. The van der Waals surface area contributed by atoms with Crippen molar-refractivity contribution in [2.24, 2.45) is 17.8 Å². The number of aliphatic hydroxyl groups is 1. The van der Waals surface area contributed by atoms with Gasteiger partial charge in [0.05, 0.1) is 7.11 Å². The van der Waals surface area contributed by atoms with Crippen molar-refractivity contribution < 1.29 is 19.4 Å². The van der Waals surface area contributed by atoms with Crippen LogP contribution < -0.4 is 0 Å². The van der Waals surface area contributed by atoms with E-state index in [9.17, 15) is 14.7 Å². The minimum atomic E-state index is -1.46. The van der Waals surface area contributed by atoms with Crippen LogP contribution in [0.25, 0.3) is 0 Å². The Kier molecular flexibility index (Phi) is 12.6. The predicted molar refractivity (Wildman–Crippen MR) is 122 cm³/mol. The number of Topliss-reactive ketones (excluding diaryl/α,β-unsaturated/α-hetero) is 1. The molecule has 0 aliphatic heterocycles. The molecule has 0 spiro atoms. The number of esters is 1. The molecule has 0 saturated heterocycles. The lowest BCUT2D eigenvalue weighted by Crippen LogP contribution is -2.35. The topological polar surface area (TPSA) is 63.6 Å². The van der Waals surface area contributed by atoms with Crippen molar-refractivity contribution in [3.05, 3.63) is 24.3 Å². The Morgan fingerprint density at radius 2 is 2.00 bits per heavy atom. The molecule has 4 atom stereocenters. The second kappa shape index (κ2) is 14.0. The van der Waals surface area contributed by atoms with E-state index in [2.05, 4.69) is 30.1 Å². The van der Waals surface area contributed by atoms with E-state index in [0.29, 0.717) is 36.9 Å². The van der Waals surface area contributed by atoms with Gasteiger partial charge in [-0.25, -0.2) is 4.79 Å². The van der Waals surface area contributed by atoms with Crippen molar-refractivity contribution in [3.8, 4) is 0 Å². The fraction of sp³-hybridized carbons (Fsp3) is 0.750. The summed E-state index contributed by atoms with van der Waals surface area (Å²) in [6.45, 7) is 3.70. The monoisotopic (exact) mass is 424 g/mol. The van der Waals surface area contributed by atoms with Gasteiger partial charge >= 0.3 is 5.97 Å². The Hall–Kier alpha value is -1.07. The van der Waals surface area contributed by atoms with E-state index in [1.807, 2.05) is 23.9 Å². The van der Waals surface area contributed by atoms with Gasteiger partial charge < -0.3 is 9.84 Å². The van der Waals surface area contributed by atoms with Crippen molar-refractivity contribution in [2.75, 3.05) is 19.1 Å². The van der Waals surface area contributed by atoms with Crippen molar-refractivity contribution in [2.45, 2.75) is 77.2 Å². The van der Waals surface area contributed by atoms with Gasteiger partial charge in [-0.05, 0) is 62.9 Å². The lowest BCUT2D eigenvalue weighted by molar-refractivity contribution is -0.160. The highest BCUT2D eigenvalue weighted by Crippen LogP contribution is 2.39. The van der Waals surface area contributed by atoms with Crippen LogP contribution in [0.1, 0.15) is 71.6 Å². The number of allylic oxidation sites excluding steroid dienone is 4. The number of rotatable bonds is 14. The van der Waals surface area contributed by atoms with E-state index >= 15 is 0 Å². The first-order valence-electron chi connectivity index (χ1n) is 11.0. The average Bonchev–Trinajstić information content (AvgIpc) is 2.98. The summed E-state index contributed by atoms with van der Waals surface area (Å²) in [5.41, 5.74) is -1.46. The number of methoxy groups -OCH3 is 1. The Bertz CT molecular complexity index is 553. The van der Waals surface area contributed by atoms with Gasteiger partial charge in [-0.3, -0.25) is 4.79 Å². The summed E-state index contributed by atoms with van der Waals surface area (Å²) < 4.78 is 4.62. The molecular formula is C24H40O4S. The van der Waals surface area contributed by atoms with E-state index in [0.717, 1.165) is 18.6 Å². The first-order chi connectivity index (χ1) is 13.9. The number of carbonyl (C=O) groups excluding carboxylic acids is 2. The molecule has 0 aromatic carbocycles. The van der Waals surface area contributed by atoms with Crippen LogP contribution in [0.2, 0.25) is 0 Å². The fourth-order valence-electron chi connectivity index (χ4n) is 4.04. The first-order valence-corrected chi connectivity index (χ1v) is 12.4. The molecule has 0 bridgehead atoms. The van der Waals surface area contributed by atoms with Crippen LogP contribution in [-0.2, 0) is 14.3 Å². The van der Waals surface area contributed by atoms with Crippen LogP contribution in [0, 0.1) is 17.8 Å². The zero-order valence-corrected chi connectivity index (χ0v) is 19.5. The average molecular weight is 425 g/mol. The summed E-state index contributed by atoms with van der Waals surface area (Å²) in [5.74, 6) is 1.60. The molecule has 0 heterocycles. The van der Waals surface area contributed by atoms with Crippen LogP contribution in [-0.4, -0.2) is 41.6 Å². The highest BCUT2D eigenvalue weighted by Gasteiger charge is 2.39. The summed E-state index contributed by atoms with van der Waals surface area (Å²) in [6.07, 6.45) is 19.2. The minimum absolute atomic E-state index is 0.0522. The van der Waals surface area contributed by atoms with Crippen LogP contribution in [0.15, 0.2) is 24.3 Å². The molecule has 4 nitrogen and oxygen atoms in total. The molecule has 0 aromatic heterocycles. The Morgan fingerprint density at radius 3 is 2.66 bits per heavy atom. The van der Waals surface area contributed by atoms with E-state index in [4.69, 9.17) is 0 Å². The maximum atomic E-state index is 12.6. The van der Waals surface area contributed by atoms with E-state index in [1.165, 1.54) is 39.7 Å².